The number of nitrogens with zero attached hydrogens (tertiary/aromatic N) is 4. The van der Waals surface area contributed by atoms with Crippen LogP contribution in [0.15, 0.2) is 30.7 Å². The van der Waals surface area contributed by atoms with Crippen LogP contribution in [0.1, 0.15) is 31.7 Å². The number of hydrogen-bond acceptors (Lipinski definition) is 4. The average Bonchev–Trinajstić information content (AvgIpc) is 3.21. The molecule has 0 spiro atoms. The Bertz CT molecular complexity index is 770. The van der Waals surface area contributed by atoms with Crippen molar-refractivity contribution in [3.8, 4) is 11.5 Å². The van der Waals surface area contributed by atoms with Crippen LogP contribution >= 0.6 is 0 Å². The van der Waals surface area contributed by atoms with Crippen LogP contribution in [0.2, 0.25) is 0 Å². The number of H-pyrrole nitrogens is 1. The van der Waals surface area contributed by atoms with Crippen molar-refractivity contribution in [3.05, 3.63) is 30.7 Å². The molecule has 1 aliphatic rings. The van der Waals surface area contributed by atoms with Crippen molar-refractivity contribution in [2.45, 2.75) is 37.8 Å². The molecule has 3 aromatic heterocycles. The normalized spacial score (nSPS) is 22.2. The lowest BCUT2D eigenvalue weighted by atomic mass is 9.92. The Labute approximate surface area is 128 Å². The van der Waals surface area contributed by atoms with Gasteiger partial charge >= 0.3 is 0 Å². The largest absolute Gasteiger partial charge is 0.381 e. The predicted molar refractivity (Wildman–Crippen MR) is 83.4 cm³/mol. The molecular weight excluding hydrogens is 278 g/mol. The zero-order valence-corrected chi connectivity index (χ0v) is 12.6. The molecular formula is C16H19N5O. The van der Waals surface area contributed by atoms with Crippen LogP contribution in [0.4, 0.5) is 0 Å². The van der Waals surface area contributed by atoms with E-state index < -0.39 is 0 Å². The van der Waals surface area contributed by atoms with E-state index in [1.165, 1.54) is 0 Å². The topological polar surface area (TPSA) is 68.6 Å². The first-order valence-corrected chi connectivity index (χ1v) is 7.72. The van der Waals surface area contributed by atoms with Gasteiger partial charge in [-0.1, -0.05) is 0 Å². The monoisotopic (exact) mass is 297 g/mol. The highest BCUT2D eigenvalue weighted by Gasteiger charge is 2.24. The van der Waals surface area contributed by atoms with E-state index in [9.17, 15) is 0 Å². The van der Waals surface area contributed by atoms with Gasteiger partial charge in [0.05, 0.1) is 6.10 Å². The molecule has 0 radical (unpaired) electrons. The lowest BCUT2D eigenvalue weighted by molar-refractivity contribution is 0.0586. The van der Waals surface area contributed by atoms with Crippen LogP contribution in [0, 0.1) is 0 Å². The number of ether oxygens (including phenoxy) is 1. The maximum Gasteiger partial charge on any atom is 0.181 e. The van der Waals surface area contributed by atoms with Gasteiger partial charge in [0.2, 0.25) is 0 Å². The zero-order chi connectivity index (χ0) is 14.9. The van der Waals surface area contributed by atoms with Crippen molar-refractivity contribution < 1.29 is 4.74 Å². The molecule has 0 aliphatic heterocycles. The summed E-state index contributed by atoms with van der Waals surface area (Å²) in [4.78, 5) is 8.83. The highest BCUT2D eigenvalue weighted by atomic mass is 16.5. The van der Waals surface area contributed by atoms with Crippen LogP contribution in [0.5, 0.6) is 0 Å². The van der Waals surface area contributed by atoms with Crippen molar-refractivity contribution >= 4 is 11.0 Å². The first-order chi connectivity index (χ1) is 10.9. The summed E-state index contributed by atoms with van der Waals surface area (Å²) < 4.78 is 7.74. The van der Waals surface area contributed by atoms with Crippen LogP contribution in [-0.2, 0) is 4.74 Å². The molecule has 6 heteroatoms. The van der Waals surface area contributed by atoms with Gasteiger partial charge in [0, 0.05) is 37.1 Å². The summed E-state index contributed by atoms with van der Waals surface area (Å²) in [6, 6.07) is 4.43. The SMILES string of the molecule is COC1CCC(n2ccnc2-c2[nH]nc3ncccc23)CC1. The van der Waals surface area contributed by atoms with Gasteiger partial charge in [0.25, 0.3) is 0 Å². The Morgan fingerprint density at radius 1 is 1.18 bits per heavy atom. The second-order valence-corrected chi connectivity index (χ2v) is 5.80. The molecule has 0 aromatic carbocycles. The maximum atomic E-state index is 5.47. The smallest absolute Gasteiger partial charge is 0.181 e. The van der Waals surface area contributed by atoms with E-state index in [-0.39, 0.29) is 0 Å². The third-order valence-corrected chi connectivity index (χ3v) is 4.59. The van der Waals surface area contributed by atoms with E-state index in [0.29, 0.717) is 12.1 Å². The molecule has 22 heavy (non-hydrogen) atoms. The quantitative estimate of drug-likeness (QED) is 0.807. The fourth-order valence-corrected chi connectivity index (χ4v) is 3.38. The number of pyridine rings is 1. The van der Waals surface area contributed by atoms with Gasteiger partial charge < -0.3 is 9.30 Å². The van der Waals surface area contributed by atoms with E-state index in [2.05, 4.69) is 30.9 Å². The Morgan fingerprint density at radius 3 is 2.86 bits per heavy atom. The second kappa shape index (κ2) is 5.53. The van der Waals surface area contributed by atoms with E-state index in [1.807, 2.05) is 18.3 Å². The third-order valence-electron chi connectivity index (χ3n) is 4.59. The number of nitrogens with one attached hydrogen (secondary N) is 1. The van der Waals surface area contributed by atoms with Gasteiger partial charge in [-0.25, -0.2) is 9.97 Å². The molecule has 0 amide bonds. The van der Waals surface area contributed by atoms with Gasteiger partial charge in [-0.15, -0.1) is 0 Å². The molecule has 0 saturated heterocycles. The lowest BCUT2D eigenvalue weighted by Crippen LogP contribution is -2.22. The summed E-state index contributed by atoms with van der Waals surface area (Å²) in [6.07, 6.45) is 10.5. The summed E-state index contributed by atoms with van der Waals surface area (Å²) in [5.74, 6) is 0.941. The number of rotatable bonds is 3. The minimum Gasteiger partial charge on any atom is -0.381 e. The zero-order valence-electron chi connectivity index (χ0n) is 12.6. The summed E-state index contributed by atoms with van der Waals surface area (Å²) in [5.41, 5.74) is 1.68. The molecule has 1 saturated carbocycles. The van der Waals surface area contributed by atoms with Crippen LogP contribution < -0.4 is 0 Å². The maximum absolute atomic E-state index is 5.47. The van der Waals surface area contributed by atoms with Crippen LogP contribution in [0.25, 0.3) is 22.6 Å². The van der Waals surface area contributed by atoms with E-state index in [1.54, 1.807) is 13.3 Å². The Morgan fingerprint density at radius 2 is 2.05 bits per heavy atom. The number of imidazole rings is 1. The fraction of sp³-hybridized carbons (Fsp3) is 0.438. The van der Waals surface area contributed by atoms with Crippen molar-refractivity contribution in [2.24, 2.45) is 0 Å². The molecule has 1 N–H and O–H groups in total. The predicted octanol–water partition coefficient (Wildman–Crippen LogP) is 2.95. The van der Waals surface area contributed by atoms with Gasteiger partial charge in [-0.05, 0) is 37.8 Å². The molecule has 0 unspecified atom stereocenters. The Kier molecular flexibility index (Phi) is 3.38. The number of aromatic amines is 1. The number of aromatic nitrogens is 5. The molecule has 3 heterocycles. The lowest BCUT2D eigenvalue weighted by Gasteiger charge is -2.29. The Hall–Kier alpha value is -2.21. The third kappa shape index (κ3) is 2.20. The number of fused-ring (bicyclic) bond motifs is 1. The summed E-state index contributed by atoms with van der Waals surface area (Å²) in [6.45, 7) is 0. The highest BCUT2D eigenvalue weighted by molar-refractivity contribution is 5.88. The first kappa shape index (κ1) is 13.5. The van der Waals surface area contributed by atoms with Crippen molar-refractivity contribution in [2.75, 3.05) is 7.11 Å². The fourth-order valence-electron chi connectivity index (χ4n) is 3.38. The van der Waals surface area contributed by atoms with Crippen LogP contribution in [-0.4, -0.2) is 37.9 Å². The highest BCUT2D eigenvalue weighted by Crippen LogP contribution is 2.33. The molecule has 6 nitrogen and oxygen atoms in total. The number of hydrogen-bond donors (Lipinski definition) is 1. The first-order valence-electron chi connectivity index (χ1n) is 7.72. The second-order valence-electron chi connectivity index (χ2n) is 5.80. The summed E-state index contributed by atoms with van der Waals surface area (Å²) >= 11 is 0. The van der Waals surface area contributed by atoms with Crippen molar-refractivity contribution in [3.63, 3.8) is 0 Å². The molecule has 3 aromatic rings. The number of methoxy groups -OCH3 is 1. The molecule has 1 fully saturated rings. The van der Waals surface area contributed by atoms with Gasteiger partial charge in [0.15, 0.2) is 11.5 Å². The molecule has 0 atom stereocenters. The van der Waals surface area contributed by atoms with Crippen molar-refractivity contribution in [1.82, 2.24) is 24.7 Å². The minimum absolute atomic E-state index is 0.403. The summed E-state index contributed by atoms with van der Waals surface area (Å²) in [7, 11) is 1.80. The Balaban J connectivity index is 1.69. The minimum atomic E-state index is 0.403. The molecule has 4 rings (SSSR count). The standard InChI is InChI=1S/C16H19N5O/c1-22-12-6-4-11(5-7-12)21-10-9-18-16(21)14-13-3-2-8-17-15(13)20-19-14/h2-3,8-12H,4-7H2,1H3,(H,17,19,20). The van der Waals surface area contributed by atoms with E-state index >= 15 is 0 Å². The van der Waals surface area contributed by atoms with Gasteiger partial charge in [0.1, 0.15) is 5.69 Å². The van der Waals surface area contributed by atoms with Gasteiger partial charge in [-0.3, -0.25) is 5.10 Å². The van der Waals surface area contributed by atoms with Crippen molar-refractivity contribution in [1.29, 1.82) is 0 Å². The van der Waals surface area contributed by atoms with E-state index in [4.69, 9.17) is 4.74 Å². The van der Waals surface area contributed by atoms with Crippen LogP contribution in [0.3, 0.4) is 0 Å². The molecule has 114 valence electrons. The molecule has 1 aliphatic carbocycles. The van der Waals surface area contributed by atoms with Gasteiger partial charge in [-0.2, -0.15) is 5.10 Å². The average molecular weight is 297 g/mol. The van der Waals surface area contributed by atoms with E-state index in [0.717, 1.165) is 48.2 Å². The molecule has 0 bridgehead atoms. The summed E-state index contributed by atoms with van der Waals surface area (Å²) in [5, 5.41) is 8.39.